The lowest BCUT2D eigenvalue weighted by atomic mass is 10.1. The van der Waals surface area contributed by atoms with Crippen molar-refractivity contribution in [1.82, 2.24) is 24.7 Å². The van der Waals surface area contributed by atoms with Crippen molar-refractivity contribution >= 4 is 0 Å². The van der Waals surface area contributed by atoms with Crippen LogP contribution in [0.25, 0.3) is 22.8 Å². The highest BCUT2D eigenvalue weighted by molar-refractivity contribution is 5.68. The molecule has 0 radical (unpaired) electrons. The van der Waals surface area contributed by atoms with Gasteiger partial charge in [-0.3, -0.25) is 19.6 Å². The lowest BCUT2D eigenvalue weighted by Crippen LogP contribution is -2.18. The maximum Gasteiger partial charge on any atom is 0.433 e. The highest BCUT2D eigenvalue weighted by Gasteiger charge is 2.41. The van der Waals surface area contributed by atoms with Crippen molar-refractivity contribution in [3.05, 3.63) is 34.5 Å². The van der Waals surface area contributed by atoms with Crippen molar-refractivity contribution in [1.29, 1.82) is 0 Å². The average molecular weight is 365 g/mol. The molecule has 0 amide bonds. The molecule has 10 heteroatoms. The SMILES string of the molecule is O=c1nc(-c2ccncc2O)nc2n(C3CCCC3)[nH]c(C(F)(F)F)c1-2. The van der Waals surface area contributed by atoms with E-state index in [4.69, 9.17) is 0 Å². The van der Waals surface area contributed by atoms with Crippen LogP contribution in [0.2, 0.25) is 0 Å². The fourth-order valence-electron chi connectivity index (χ4n) is 3.38. The standard InChI is InChI=1S/C16H14F3N5O2/c17-16(18,19)12-11-14(24(23-12)8-3-1-2-4-8)21-13(22-15(11)26)9-5-6-20-7-10(9)25/h5-8,23,25H,1-4H2. The summed E-state index contributed by atoms with van der Waals surface area (Å²) >= 11 is 0. The minimum atomic E-state index is -4.73. The Morgan fingerprint density at radius 1 is 1.23 bits per heavy atom. The van der Waals surface area contributed by atoms with Crippen LogP contribution in [-0.2, 0) is 6.18 Å². The maximum absolute atomic E-state index is 13.4. The number of nitrogens with zero attached hydrogens (tertiary/aromatic N) is 4. The first-order valence-corrected chi connectivity index (χ1v) is 8.09. The normalized spacial score (nSPS) is 15.8. The van der Waals surface area contributed by atoms with Gasteiger partial charge in [0, 0.05) is 6.20 Å². The van der Waals surface area contributed by atoms with Crippen LogP contribution in [0.4, 0.5) is 13.2 Å². The molecule has 7 nitrogen and oxygen atoms in total. The zero-order valence-electron chi connectivity index (χ0n) is 13.4. The predicted molar refractivity (Wildman–Crippen MR) is 84.7 cm³/mol. The van der Waals surface area contributed by atoms with Crippen LogP contribution in [0, 0.1) is 0 Å². The van der Waals surface area contributed by atoms with Gasteiger partial charge in [-0.1, -0.05) is 12.8 Å². The number of rotatable bonds is 2. The Labute approximate surface area is 144 Å². The first kappa shape index (κ1) is 16.6. The van der Waals surface area contributed by atoms with Crippen molar-refractivity contribution in [2.45, 2.75) is 37.9 Å². The number of pyridine rings is 1. The topological polar surface area (TPSA) is 96.7 Å². The fraction of sp³-hybridized carbons (Fsp3) is 0.375. The summed E-state index contributed by atoms with van der Waals surface area (Å²) in [6.07, 6.45) is 0.981. The third-order valence-corrected chi connectivity index (χ3v) is 4.58. The third-order valence-electron chi connectivity index (χ3n) is 4.58. The Hall–Kier alpha value is -2.91. The number of aromatic amines is 1. The summed E-state index contributed by atoms with van der Waals surface area (Å²) < 4.78 is 41.5. The molecule has 1 saturated carbocycles. The first-order valence-electron chi connectivity index (χ1n) is 8.09. The number of alkyl halides is 3. The summed E-state index contributed by atoms with van der Waals surface area (Å²) in [4.78, 5) is 24.0. The Morgan fingerprint density at radius 3 is 2.62 bits per heavy atom. The summed E-state index contributed by atoms with van der Waals surface area (Å²) in [5.41, 5.74) is -2.63. The molecule has 26 heavy (non-hydrogen) atoms. The molecule has 0 saturated heterocycles. The molecule has 1 aliphatic carbocycles. The van der Waals surface area contributed by atoms with Crippen LogP contribution in [0.15, 0.2) is 23.3 Å². The van der Waals surface area contributed by atoms with Crippen LogP contribution in [0.1, 0.15) is 37.4 Å². The Bertz CT molecular complexity index is 988. The van der Waals surface area contributed by atoms with E-state index in [9.17, 15) is 23.1 Å². The third kappa shape index (κ3) is 2.61. The van der Waals surface area contributed by atoms with E-state index in [1.54, 1.807) is 0 Å². The van der Waals surface area contributed by atoms with Crippen LogP contribution < -0.4 is 5.56 Å². The fourth-order valence-corrected chi connectivity index (χ4v) is 3.38. The van der Waals surface area contributed by atoms with E-state index in [2.05, 4.69) is 20.1 Å². The van der Waals surface area contributed by atoms with E-state index in [1.807, 2.05) is 0 Å². The van der Waals surface area contributed by atoms with Gasteiger partial charge in [-0.25, -0.2) is 4.98 Å². The molecule has 2 aliphatic heterocycles. The van der Waals surface area contributed by atoms with Crippen LogP contribution >= 0.6 is 0 Å². The quantitative estimate of drug-likeness (QED) is 0.728. The number of nitrogens with one attached hydrogen (secondary N) is 1. The zero-order valence-corrected chi connectivity index (χ0v) is 13.4. The molecule has 0 unspecified atom stereocenters. The van der Waals surface area contributed by atoms with E-state index in [1.165, 1.54) is 16.9 Å². The van der Waals surface area contributed by atoms with Crippen LogP contribution in [0.3, 0.4) is 0 Å². The highest BCUT2D eigenvalue weighted by Crippen LogP contribution is 2.40. The van der Waals surface area contributed by atoms with Gasteiger partial charge >= 0.3 is 6.18 Å². The van der Waals surface area contributed by atoms with Gasteiger partial charge in [-0.2, -0.15) is 18.2 Å². The molecule has 4 rings (SSSR count). The van der Waals surface area contributed by atoms with E-state index in [-0.39, 0.29) is 29.0 Å². The Kier molecular flexibility index (Phi) is 3.70. The molecule has 3 heterocycles. The number of hydrogen-bond donors (Lipinski definition) is 2. The number of halogens is 3. The number of aromatic nitrogens is 5. The molecule has 0 bridgehead atoms. The number of hydrogen-bond acceptors (Lipinski definition) is 5. The largest absolute Gasteiger partial charge is 0.506 e. The second-order valence-electron chi connectivity index (χ2n) is 6.24. The molecule has 1 fully saturated rings. The van der Waals surface area contributed by atoms with Crippen molar-refractivity contribution in [3.63, 3.8) is 0 Å². The van der Waals surface area contributed by atoms with Gasteiger partial charge in [0.2, 0.25) is 0 Å². The van der Waals surface area contributed by atoms with Crippen molar-refractivity contribution in [2.24, 2.45) is 0 Å². The van der Waals surface area contributed by atoms with E-state index >= 15 is 0 Å². The zero-order chi connectivity index (χ0) is 18.5. The summed E-state index contributed by atoms with van der Waals surface area (Å²) in [6.45, 7) is 0. The molecule has 0 atom stereocenters. The van der Waals surface area contributed by atoms with Crippen LogP contribution in [0.5, 0.6) is 5.75 Å². The molecular formula is C16H14F3N5O2. The van der Waals surface area contributed by atoms with Crippen molar-refractivity contribution in [2.75, 3.05) is 0 Å². The average Bonchev–Trinajstić information content (AvgIpc) is 3.21. The van der Waals surface area contributed by atoms with Gasteiger partial charge in [0.25, 0.3) is 5.56 Å². The second kappa shape index (κ2) is 5.82. The predicted octanol–water partition coefficient (Wildman–Crippen LogP) is 2.97. The molecule has 0 aromatic carbocycles. The smallest absolute Gasteiger partial charge is 0.433 e. The number of aromatic hydroxyl groups is 1. The molecule has 1 aromatic rings. The highest BCUT2D eigenvalue weighted by atomic mass is 19.4. The molecule has 0 spiro atoms. The van der Waals surface area contributed by atoms with Gasteiger partial charge < -0.3 is 5.11 Å². The molecular weight excluding hydrogens is 351 g/mol. The van der Waals surface area contributed by atoms with Crippen molar-refractivity contribution in [3.8, 4) is 28.5 Å². The summed E-state index contributed by atoms with van der Waals surface area (Å²) in [5, 5.41) is 12.2. The molecule has 2 N–H and O–H groups in total. The lowest BCUT2D eigenvalue weighted by Gasteiger charge is -2.13. The summed E-state index contributed by atoms with van der Waals surface area (Å²) in [6, 6.07) is 1.20. The van der Waals surface area contributed by atoms with Gasteiger partial charge in [-0.05, 0) is 18.9 Å². The van der Waals surface area contributed by atoms with Gasteiger partial charge in [-0.15, -0.1) is 0 Å². The van der Waals surface area contributed by atoms with Crippen molar-refractivity contribution < 1.29 is 18.3 Å². The molecule has 1 aromatic heterocycles. The van der Waals surface area contributed by atoms with Gasteiger partial charge in [0.15, 0.2) is 17.3 Å². The minimum Gasteiger partial charge on any atom is -0.506 e. The monoisotopic (exact) mass is 365 g/mol. The van der Waals surface area contributed by atoms with Crippen LogP contribution in [-0.4, -0.2) is 29.8 Å². The Balaban J connectivity index is 1.99. The summed E-state index contributed by atoms with van der Waals surface area (Å²) in [7, 11) is 0. The lowest BCUT2D eigenvalue weighted by molar-refractivity contribution is -0.141. The van der Waals surface area contributed by atoms with Gasteiger partial charge in [0.1, 0.15) is 11.3 Å². The molecule has 136 valence electrons. The Morgan fingerprint density at radius 2 is 1.96 bits per heavy atom. The number of H-pyrrole nitrogens is 1. The van der Waals surface area contributed by atoms with E-state index in [0.717, 1.165) is 19.0 Å². The first-order chi connectivity index (χ1) is 12.4. The number of fused-ring (bicyclic) bond motifs is 1. The minimum absolute atomic E-state index is 0.101. The maximum atomic E-state index is 13.4. The van der Waals surface area contributed by atoms with E-state index < -0.39 is 23.0 Å². The second-order valence-corrected chi connectivity index (χ2v) is 6.24. The summed E-state index contributed by atoms with van der Waals surface area (Å²) in [5.74, 6) is -0.498. The van der Waals surface area contributed by atoms with Gasteiger partial charge in [0.05, 0.1) is 17.8 Å². The van der Waals surface area contributed by atoms with E-state index in [0.29, 0.717) is 12.8 Å². The molecule has 3 aliphatic rings.